The number of nitrogens with zero attached hydrogens (tertiary/aromatic N) is 4. The molecule has 2 aromatic rings. The number of aliphatic hydroxyl groups is 1. The molecule has 108 valence electrons. The van der Waals surface area contributed by atoms with Crippen LogP contribution in [0.2, 0.25) is 0 Å². The van der Waals surface area contributed by atoms with Crippen molar-refractivity contribution < 1.29 is 9.84 Å². The number of nitrogens with one attached hydrogen (secondary N) is 1. The van der Waals surface area contributed by atoms with Crippen LogP contribution in [0.5, 0.6) is 5.88 Å². The van der Waals surface area contributed by atoms with E-state index in [1.165, 1.54) is 0 Å². The molecule has 7 nitrogen and oxygen atoms in total. The van der Waals surface area contributed by atoms with Gasteiger partial charge >= 0.3 is 0 Å². The second kappa shape index (κ2) is 6.30. The molecule has 7 heteroatoms. The zero-order valence-corrected chi connectivity index (χ0v) is 12.4. The lowest BCUT2D eigenvalue weighted by atomic mass is 10.2. The minimum atomic E-state index is -0.984. The first kappa shape index (κ1) is 15.9. The van der Waals surface area contributed by atoms with Crippen molar-refractivity contribution in [3.8, 4) is 11.9 Å². The fourth-order valence-corrected chi connectivity index (χ4v) is 1.43. The molecule has 0 atom stereocenters. The maximum absolute atomic E-state index is 9.64. The van der Waals surface area contributed by atoms with Crippen LogP contribution in [-0.4, -0.2) is 37.5 Å². The molecule has 0 aliphatic rings. The maximum Gasteiger partial charge on any atom is 0.229 e. The molecule has 0 aliphatic heterocycles. The summed E-state index contributed by atoms with van der Waals surface area (Å²) in [4.78, 5) is 8.23. The average molecular weight is 277 g/mol. The third kappa shape index (κ3) is 3.65. The molecule has 0 fully saturated rings. The Balaban J connectivity index is 0.000000956. The fourth-order valence-electron chi connectivity index (χ4n) is 1.43. The average Bonchev–Trinajstić information content (AvgIpc) is 2.80. The standard InChI is InChI=1S/C11H13N5O2.C2H6/c1-6-13-9-8(7(4-12)15-16-9)10(14-6)18-5-11(2,3)17;1-2/h17H,5H2,1-3H3,(H,13,14,15,16);1-2H3. The number of ether oxygens (including phenoxy) is 1. The van der Waals surface area contributed by atoms with Gasteiger partial charge in [0.05, 0.1) is 5.60 Å². The Bertz CT molecular complexity index is 622. The third-order valence-electron chi connectivity index (χ3n) is 2.17. The van der Waals surface area contributed by atoms with Crippen molar-refractivity contribution >= 4 is 11.0 Å². The van der Waals surface area contributed by atoms with E-state index in [1.54, 1.807) is 20.8 Å². The normalized spacial score (nSPS) is 10.7. The van der Waals surface area contributed by atoms with Gasteiger partial charge in [0.25, 0.3) is 0 Å². The van der Waals surface area contributed by atoms with Gasteiger partial charge in [0, 0.05) is 0 Å². The molecule has 0 amide bonds. The molecular formula is C13H19N5O2. The number of nitriles is 1. The number of aromatic nitrogens is 4. The van der Waals surface area contributed by atoms with E-state index in [0.717, 1.165) is 0 Å². The quantitative estimate of drug-likeness (QED) is 0.884. The van der Waals surface area contributed by atoms with E-state index in [1.807, 2.05) is 19.9 Å². The molecule has 2 aromatic heterocycles. The van der Waals surface area contributed by atoms with Crippen LogP contribution in [0.1, 0.15) is 39.2 Å². The SMILES string of the molecule is CC.Cc1nc(OCC(C)(C)O)c2c(C#N)[nH]nc2n1. The van der Waals surface area contributed by atoms with Crippen molar-refractivity contribution in [3.05, 3.63) is 11.5 Å². The summed E-state index contributed by atoms with van der Waals surface area (Å²) >= 11 is 0. The van der Waals surface area contributed by atoms with Crippen LogP contribution in [0.15, 0.2) is 0 Å². The lowest BCUT2D eigenvalue weighted by Gasteiger charge is -2.17. The number of hydrogen-bond acceptors (Lipinski definition) is 6. The smallest absolute Gasteiger partial charge is 0.229 e. The molecule has 2 heterocycles. The second-order valence-electron chi connectivity index (χ2n) is 4.59. The van der Waals surface area contributed by atoms with Crippen molar-refractivity contribution in [1.29, 1.82) is 5.26 Å². The Morgan fingerprint density at radius 2 is 2.00 bits per heavy atom. The summed E-state index contributed by atoms with van der Waals surface area (Å²) in [7, 11) is 0. The van der Waals surface area contributed by atoms with E-state index in [-0.39, 0.29) is 18.2 Å². The van der Waals surface area contributed by atoms with Gasteiger partial charge in [-0.15, -0.1) is 0 Å². The second-order valence-corrected chi connectivity index (χ2v) is 4.59. The first-order chi connectivity index (χ1) is 9.40. The Morgan fingerprint density at radius 1 is 1.35 bits per heavy atom. The predicted molar refractivity (Wildman–Crippen MR) is 74.3 cm³/mol. The Hall–Kier alpha value is -2.20. The molecule has 0 unspecified atom stereocenters. The molecule has 0 aliphatic carbocycles. The van der Waals surface area contributed by atoms with E-state index in [9.17, 15) is 5.11 Å². The van der Waals surface area contributed by atoms with Crippen molar-refractivity contribution in [1.82, 2.24) is 20.2 Å². The summed E-state index contributed by atoms with van der Waals surface area (Å²) in [5.41, 5.74) is -0.359. The third-order valence-corrected chi connectivity index (χ3v) is 2.17. The monoisotopic (exact) mass is 277 g/mol. The summed E-state index contributed by atoms with van der Waals surface area (Å²) in [5.74, 6) is 0.745. The van der Waals surface area contributed by atoms with Crippen molar-refractivity contribution in [2.24, 2.45) is 0 Å². The van der Waals surface area contributed by atoms with Gasteiger partial charge in [-0.1, -0.05) is 13.8 Å². The molecule has 0 saturated heterocycles. The van der Waals surface area contributed by atoms with Crippen LogP contribution in [0.3, 0.4) is 0 Å². The maximum atomic E-state index is 9.64. The zero-order valence-electron chi connectivity index (χ0n) is 12.4. The van der Waals surface area contributed by atoms with Gasteiger partial charge in [0.15, 0.2) is 11.3 Å². The van der Waals surface area contributed by atoms with Crippen LogP contribution in [0, 0.1) is 18.3 Å². The summed E-state index contributed by atoms with van der Waals surface area (Å²) in [6, 6.07) is 1.97. The van der Waals surface area contributed by atoms with E-state index < -0.39 is 5.60 Å². The Morgan fingerprint density at radius 3 is 2.55 bits per heavy atom. The fraction of sp³-hybridized carbons (Fsp3) is 0.538. The van der Waals surface area contributed by atoms with Gasteiger partial charge in [0.2, 0.25) is 5.88 Å². The number of aryl methyl sites for hydroxylation is 1. The van der Waals surface area contributed by atoms with Gasteiger partial charge in [-0.25, -0.2) is 4.98 Å². The van der Waals surface area contributed by atoms with E-state index in [4.69, 9.17) is 10.00 Å². The molecule has 20 heavy (non-hydrogen) atoms. The molecular weight excluding hydrogens is 258 g/mol. The Labute approximate surface area is 117 Å². The molecule has 0 aromatic carbocycles. The van der Waals surface area contributed by atoms with Crippen LogP contribution >= 0.6 is 0 Å². The van der Waals surface area contributed by atoms with Crippen molar-refractivity contribution in [2.45, 2.75) is 40.2 Å². The summed E-state index contributed by atoms with van der Waals surface area (Å²) in [5, 5.41) is 25.5. The minimum Gasteiger partial charge on any atom is -0.474 e. The van der Waals surface area contributed by atoms with Gasteiger partial charge < -0.3 is 9.84 Å². The van der Waals surface area contributed by atoms with Gasteiger partial charge in [0.1, 0.15) is 23.9 Å². The lowest BCUT2D eigenvalue weighted by Crippen LogP contribution is -2.28. The highest BCUT2D eigenvalue weighted by Gasteiger charge is 2.19. The first-order valence-electron chi connectivity index (χ1n) is 6.39. The minimum absolute atomic E-state index is 0.0641. The molecule has 0 radical (unpaired) electrons. The highest BCUT2D eigenvalue weighted by molar-refractivity contribution is 5.85. The summed E-state index contributed by atoms with van der Waals surface area (Å²) in [6.07, 6.45) is 0. The van der Waals surface area contributed by atoms with E-state index in [2.05, 4.69) is 20.2 Å². The summed E-state index contributed by atoms with van der Waals surface area (Å²) in [6.45, 7) is 9.02. The van der Waals surface area contributed by atoms with Crippen LogP contribution in [0.4, 0.5) is 0 Å². The highest BCUT2D eigenvalue weighted by Crippen LogP contribution is 2.24. The Kier molecular flexibility index (Phi) is 5.00. The largest absolute Gasteiger partial charge is 0.474 e. The number of fused-ring (bicyclic) bond motifs is 1. The van der Waals surface area contributed by atoms with Crippen LogP contribution in [-0.2, 0) is 0 Å². The number of rotatable bonds is 3. The number of H-pyrrole nitrogens is 1. The van der Waals surface area contributed by atoms with Crippen molar-refractivity contribution in [2.75, 3.05) is 6.61 Å². The molecule has 0 bridgehead atoms. The first-order valence-corrected chi connectivity index (χ1v) is 6.39. The van der Waals surface area contributed by atoms with Crippen molar-refractivity contribution in [3.63, 3.8) is 0 Å². The number of aromatic amines is 1. The highest BCUT2D eigenvalue weighted by atomic mass is 16.5. The zero-order chi connectivity index (χ0) is 15.3. The van der Waals surface area contributed by atoms with Gasteiger partial charge in [-0.2, -0.15) is 15.3 Å². The topological polar surface area (TPSA) is 108 Å². The summed E-state index contributed by atoms with van der Waals surface area (Å²) < 4.78 is 5.45. The lowest BCUT2D eigenvalue weighted by molar-refractivity contribution is 0.0273. The van der Waals surface area contributed by atoms with E-state index in [0.29, 0.717) is 16.9 Å². The molecule has 0 saturated carbocycles. The van der Waals surface area contributed by atoms with Gasteiger partial charge in [-0.05, 0) is 20.8 Å². The molecule has 2 N–H and O–H groups in total. The van der Waals surface area contributed by atoms with Crippen LogP contribution in [0.25, 0.3) is 11.0 Å². The van der Waals surface area contributed by atoms with Gasteiger partial charge in [-0.3, -0.25) is 5.10 Å². The predicted octanol–water partition coefficient (Wildman–Crippen LogP) is 1.71. The number of hydrogen-bond donors (Lipinski definition) is 2. The molecule has 2 rings (SSSR count). The molecule has 0 spiro atoms. The van der Waals surface area contributed by atoms with Crippen LogP contribution < -0.4 is 4.74 Å². The van der Waals surface area contributed by atoms with E-state index >= 15 is 0 Å².